The molecule has 2 aromatic heterocycles. The van der Waals surface area contributed by atoms with Crippen molar-refractivity contribution in [3.8, 4) is 0 Å². The minimum Gasteiger partial charge on any atom is -0.343 e. The summed E-state index contributed by atoms with van der Waals surface area (Å²) < 4.78 is 2.15. The largest absolute Gasteiger partial charge is 0.343 e. The molecule has 1 amide bonds. The molecule has 1 saturated carbocycles. The Bertz CT molecular complexity index is 1170. The van der Waals surface area contributed by atoms with Gasteiger partial charge in [-0.1, -0.05) is 30.3 Å². The van der Waals surface area contributed by atoms with E-state index in [-0.39, 0.29) is 11.3 Å². The smallest absolute Gasteiger partial charge is 0.259 e. The average Bonchev–Trinajstić information content (AvgIpc) is 3.45. The fraction of sp³-hybridized carbons (Fsp3) is 0.370. The maximum atomic E-state index is 13.7. The van der Waals surface area contributed by atoms with Crippen LogP contribution in [0.1, 0.15) is 52.1 Å². The summed E-state index contributed by atoms with van der Waals surface area (Å²) in [5.41, 5.74) is 4.26. The van der Waals surface area contributed by atoms with Crippen LogP contribution in [0.15, 0.2) is 65.7 Å². The van der Waals surface area contributed by atoms with Gasteiger partial charge >= 0.3 is 0 Å². The Kier molecular flexibility index (Phi) is 5.64. The topological polar surface area (TPSA) is 55.2 Å². The molecule has 3 heterocycles. The third-order valence-corrected chi connectivity index (χ3v) is 7.09. The number of amides is 1. The lowest BCUT2D eigenvalue weighted by molar-refractivity contribution is 0.0700. The summed E-state index contributed by atoms with van der Waals surface area (Å²) in [5.74, 6) is 0.523. The lowest BCUT2D eigenvalue weighted by atomic mass is 10.0. The molecule has 2 atom stereocenters. The van der Waals surface area contributed by atoms with E-state index in [0.29, 0.717) is 30.5 Å². The third-order valence-electron chi connectivity index (χ3n) is 7.09. The van der Waals surface area contributed by atoms with Crippen molar-refractivity contribution in [2.45, 2.75) is 51.6 Å². The lowest BCUT2D eigenvalue weighted by Gasteiger charge is -2.29. The van der Waals surface area contributed by atoms with Crippen LogP contribution < -0.4 is 5.43 Å². The number of carbonyl (C=O) groups excluding carboxylic acids is 1. The van der Waals surface area contributed by atoms with Crippen LogP contribution in [0.3, 0.4) is 0 Å². The monoisotopic (exact) mass is 427 g/mol. The van der Waals surface area contributed by atoms with Crippen LogP contribution in [0.2, 0.25) is 0 Å². The van der Waals surface area contributed by atoms with E-state index in [1.54, 1.807) is 18.5 Å². The van der Waals surface area contributed by atoms with Crippen molar-refractivity contribution < 1.29 is 4.79 Å². The molecule has 0 radical (unpaired) electrons. The number of rotatable bonds is 6. The Morgan fingerprint density at radius 1 is 1.03 bits per heavy atom. The number of piperidine rings is 1. The molecule has 1 aromatic carbocycles. The number of aromatic nitrogens is 2. The van der Waals surface area contributed by atoms with E-state index in [9.17, 15) is 9.59 Å². The SMILES string of the molecule is Cc1cc(=O)c(C(=O)N2CC3CCC2C3)c(CCc2ccccc2)n1Cc1ccncc1. The fourth-order valence-electron chi connectivity index (χ4n) is 5.43. The number of likely N-dealkylation sites (tertiary alicyclic amines) is 1. The number of carbonyl (C=O) groups is 1. The van der Waals surface area contributed by atoms with Gasteiger partial charge in [0, 0.05) is 49.0 Å². The Morgan fingerprint density at radius 3 is 2.50 bits per heavy atom. The van der Waals surface area contributed by atoms with Gasteiger partial charge in [-0.05, 0) is 68.2 Å². The highest BCUT2D eigenvalue weighted by Crippen LogP contribution is 2.38. The van der Waals surface area contributed by atoms with Gasteiger partial charge in [0.2, 0.25) is 0 Å². The highest BCUT2D eigenvalue weighted by molar-refractivity contribution is 5.95. The summed E-state index contributed by atoms with van der Waals surface area (Å²) in [7, 11) is 0. The van der Waals surface area contributed by atoms with Crippen LogP contribution >= 0.6 is 0 Å². The van der Waals surface area contributed by atoms with E-state index in [1.807, 2.05) is 42.2 Å². The molecule has 5 rings (SSSR count). The molecule has 5 heteroatoms. The summed E-state index contributed by atoms with van der Waals surface area (Å²) in [6.45, 7) is 3.37. The van der Waals surface area contributed by atoms with Gasteiger partial charge < -0.3 is 9.47 Å². The molecule has 1 aliphatic carbocycles. The van der Waals surface area contributed by atoms with Gasteiger partial charge in [0.25, 0.3) is 5.91 Å². The maximum absolute atomic E-state index is 13.7. The van der Waals surface area contributed by atoms with E-state index in [4.69, 9.17) is 0 Å². The zero-order valence-electron chi connectivity index (χ0n) is 18.5. The minimum absolute atomic E-state index is 0.0752. The van der Waals surface area contributed by atoms with E-state index >= 15 is 0 Å². The molecule has 0 N–H and O–H groups in total. The van der Waals surface area contributed by atoms with Crippen molar-refractivity contribution in [1.82, 2.24) is 14.5 Å². The molecule has 1 aliphatic heterocycles. The van der Waals surface area contributed by atoms with Crippen molar-refractivity contribution in [2.75, 3.05) is 6.54 Å². The average molecular weight is 428 g/mol. The lowest BCUT2D eigenvalue weighted by Crippen LogP contribution is -2.41. The molecular weight excluding hydrogens is 398 g/mol. The highest BCUT2D eigenvalue weighted by Gasteiger charge is 2.41. The quantitative estimate of drug-likeness (QED) is 0.597. The Morgan fingerprint density at radius 2 is 1.81 bits per heavy atom. The van der Waals surface area contributed by atoms with Crippen LogP contribution in [0, 0.1) is 12.8 Å². The molecule has 2 unspecified atom stereocenters. The van der Waals surface area contributed by atoms with Gasteiger partial charge in [-0.25, -0.2) is 0 Å². The molecule has 1 saturated heterocycles. The minimum atomic E-state index is -0.149. The normalized spacial score (nSPS) is 19.5. The highest BCUT2D eigenvalue weighted by atomic mass is 16.2. The van der Waals surface area contributed by atoms with Crippen molar-refractivity contribution >= 4 is 5.91 Å². The summed E-state index contributed by atoms with van der Waals surface area (Å²) in [6.07, 6.45) is 8.35. The van der Waals surface area contributed by atoms with Gasteiger partial charge in [-0.3, -0.25) is 14.6 Å². The van der Waals surface area contributed by atoms with Gasteiger partial charge in [0.1, 0.15) is 5.56 Å². The molecular formula is C27H29N3O2. The van der Waals surface area contributed by atoms with Crippen molar-refractivity contribution in [3.05, 3.63) is 99.2 Å². The number of aryl methyl sites for hydroxylation is 2. The summed E-state index contributed by atoms with van der Waals surface area (Å²) in [6, 6.07) is 16.2. The number of nitrogens with zero attached hydrogens (tertiary/aromatic N) is 3. The second-order valence-electron chi connectivity index (χ2n) is 9.19. The molecule has 164 valence electrons. The number of pyridine rings is 2. The van der Waals surface area contributed by atoms with Crippen molar-refractivity contribution in [2.24, 2.45) is 5.92 Å². The van der Waals surface area contributed by atoms with Crippen LogP contribution in [0.5, 0.6) is 0 Å². The molecule has 3 aromatic rings. The number of fused-ring (bicyclic) bond motifs is 2. The summed E-state index contributed by atoms with van der Waals surface area (Å²) in [4.78, 5) is 33.0. The summed E-state index contributed by atoms with van der Waals surface area (Å²) >= 11 is 0. The Hall–Kier alpha value is -3.21. The number of benzene rings is 1. The second kappa shape index (κ2) is 8.73. The summed E-state index contributed by atoms with van der Waals surface area (Å²) in [5, 5.41) is 0. The molecule has 2 bridgehead atoms. The van der Waals surface area contributed by atoms with Crippen LogP contribution in [0.4, 0.5) is 0 Å². The standard InChI is InChI=1S/C27H29N3O2/c1-19-15-25(31)26(27(32)30-18-22-7-9-23(30)16-22)24(10-8-20-5-3-2-4-6-20)29(19)17-21-11-13-28-14-12-21/h2-6,11-15,22-23H,7-10,16-18H2,1H3. The van der Waals surface area contributed by atoms with E-state index in [0.717, 1.165) is 42.8 Å². The van der Waals surface area contributed by atoms with E-state index in [1.165, 1.54) is 12.0 Å². The zero-order chi connectivity index (χ0) is 22.1. The van der Waals surface area contributed by atoms with Gasteiger partial charge in [0.15, 0.2) is 5.43 Å². The zero-order valence-corrected chi connectivity index (χ0v) is 18.5. The third kappa shape index (κ3) is 3.99. The second-order valence-corrected chi connectivity index (χ2v) is 9.19. The molecule has 32 heavy (non-hydrogen) atoms. The first-order valence-electron chi connectivity index (χ1n) is 11.6. The molecule has 0 spiro atoms. The Labute approximate surface area is 188 Å². The predicted molar refractivity (Wildman–Crippen MR) is 125 cm³/mol. The first-order valence-corrected chi connectivity index (χ1v) is 11.6. The first kappa shape index (κ1) is 20.7. The van der Waals surface area contributed by atoms with Crippen LogP contribution in [0.25, 0.3) is 0 Å². The molecule has 2 aliphatic rings. The van der Waals surface area contributed by atoms with Gasteiger partial charge in [0.05, 0.1) is 0 Å². The first-order chi connectivity index (χ1) is 15.6. The van der Waals surface area contributed by atoms with E-state index in [2.05, 4.69) is 21.7 Å². The fourth-order valence-corrected chi connectivity index (χ4v) is 5.43. The number of hydrogen-bond acceptors (Lipinski definition) is 3. The van der Waals surface area contributed by atoms with Gasteiger partial charge in [-0.15, -0.1) is 0 Å². The van der Waals surface area contributed by atoms with E-state index < -0.39 is 0 Å². The van der Waals surface area contributed by atoms with Crippen LogP contribution in [-0.4, -0.2) is 32.9 Å². The van der Waals surface area contributed by atoms with Crippen molar-refractivity contribution in [3.63, 3.8) is 0 Å². The van der Waals surface area contributed by atoms with Crippen LogP contribution in [-0.2, 0) is 19.4 Å². The Balaban J connectivity index is 1.56. The predicted octanol–water partition coefficient (Wildman–Crippen LogP) is 4.01. The van der Waals surface area contributed by atoms with Gasteiger partial charge in [-0.2, -0.15) is 0 Å². The molecule has 2 fully saturated rings. The number of hydrogen-bond donors (Lipinski definition) is 0. The molecule has 5 nitrogen and oxygen atoms in total. The maximum Gasteiger partial charge on any atom is 0.259 e. The van der Waals surface area contributed by atoms with Crippen molar-refractivity contribution in [1.29, 1.82) is 0 Å².